The maximum absolute atomic E-state index is 13.0. The summed E-state index contributed by atoms with van der Waals surface area (Å²) in [7, 11) is 0. The number of H-pyrrole nitrogens is 1. The van der Waals surface area contributed by atoms with Crippen molar-refractivity contribution in [3.8, 4) is 0 Å². The first kappa shape index (κ1) is 16.9. The maximum atomic E-state index is 13.0. The van der Waals surface area contributed by atoms with E-state index in [9.17, 15) is 22.8 Å². The third kappa shape index (κ3) is 3.60. The zero-order valence-corrected chi connectivity index (χ0v) is 12.9. The molecule has 0 saturated carbocycles. The topological polar surface area (TPSA) is 62.8 Å². The molecule has 3 rings (SSSR count). The van der Waals surface area contributed by atoms with Gasteiger partial charge in [-0.3, -0.25) is 9.59 Å². The molecule has 0 saturated heterocycles. The molecule has 7 heteroatoms. The van der Waals surface area contributed by atoms with Gasteiger partial charge in [0.1, 0.15) is 0 Å². The van der Waals surface area contributed by atoms with Crippen LogP contribution < -0.4 is 0 Å². The minimum atomic E-state index is -4.61. The fourth-order valence-corrected chi connectivity index (χ4v) is 2.58. The van der Waals surface area contributed by atoms with Crippen LogP contribution in [0.5, 0.6) is 0 Å². The van der Waals surface area contributed by atoms with Gasteiger partial charge < -0.3 is 4.98 Å². The Bertz CT molecular complexity index is 945. The van der Waals surface area contributed by atoms with E-state index in [0.29, 0.717) is 11.1 Å². The molecule has 0 aliphatic rings. The molecule has 128 valence electrons. The predicted molar refractivity (Wildman–Crippen MR) is 85.4 cm³/mol. The minimum Gasteiger partial charge on any atom is -0.345 e. The van der Waals surface area contributed by atoms with E-state index < -0.39 is 23.1 Å². The average Bonchev–Trinajstić information content (AvgIpc) is 3.06. The third-order valence-corrected chi connectivity index (χ3v) is 3.86. The van der Waals surface area contributed by atoms with Crippen molar-refractivity contribution in [3.05, 3.63) is 65.5 Å². The number of imidazole rings is 1. The van der Waals surface area contributed by atoms with Gasteiger partial charge in [0.05, 0.1) is 22.9 Å². The van der Waals surface area contributed by atoms with E-state index >= 15 is 0 Å². The fraction of sp³-hybridized carbons (Fsp3) is 0.167. The number of rotatable bonds is 5. The summed E-state index contributed by atoms with van der Waals surface area (Å²) < 4.78 is 38.9. The summed E-state index contributed by atoms with van der Waals surface area (Å²) in [4.78, 5) is 31.3. The number of aromatic amines is 1. The number of carbonyl (C=O) groups excluding carboxylic acids is 2. The van der Waals surface area contributed by atoms with Crippen LogP contribution in [0.15, 0.2) is 48.8 Å². The predicted octanol–water partition coefficient (Wildman–Crippen LogP) is 4.43. The second-order valence-corrected chi connectivity index (χ2v) is 5.52. The molecule has 1 N–H and O–H groups in total. The molecule has 3 aromatic rings. The first-order chi connectivity index (χ1) is 11.9. The number of fused-ring (bicyclic) bond motifs is 1. The van der Waals surface area contributed by atoms with E-state index in [2.05, 4.69) is 9.97 Å². The van der Waals surface area contributed by atoms with Crippen LogP contribution in [0.4, 0.5) is 13.2 Å². The number of Topliss-reactive ketones (excluding diaryl/α,β-unsaturated/α-hetero) is 2. The highest BCUT2D eigenvalue weighted by atomic mass is 19.4. The molecule has 0 unspecified atom stereocenters. The molecule has 1 aromatic heterocycles. The molecule has 0 spiro atoms. The second kappa shape index (κ2) is 6.51. The summed E-state index contributed by atoms with van der Waals surface area (Å²) in [6, 6.07) is 9.46. The van der Waals surface area contributed by atoms with Crippen molar-refractivity contribution < 1.29 is 22.8 Å². The Labute approximate surface area is 140 Å². The van der Waals surface area contributed by atoms with Crippen LogP contribution in [-0.4, -0.2) is 21.5 Å². The van der Waals surface area contributed by atoms with E-state index in [1.165, 1.54) is 18.5 Å². The largest absolute Gasteiger partial charge is 0.417 e. The van der Waals surface area contributed by atoms with Gasteiger partial charge in [-0.1, -0.05) is 18.2 Å². The van der Waals surface area contributed by atoms with Gasteiger partial charge in [0, 0.05) is 24.0 Å². The molecule has 25 heavy (non-hydrogen) atoms. The molecule has 2 aromatic carbocycles. The van der Waals surface area contributed by atoms with Crippen LogP contribution in [-0.2, 0) is 6.18 Å². The van der Waals surface area contributed by atoms with Gasteiger partial charge in [0.2, 0.25) is 0 Å². The molecule has 1 heterocycles. The Morgan fingerprint density at radius 3 is 2.48 bits per heavy atom. The Kier molecular flexibility index (Phi) is 4.39. The van der Waals surface area contributed by atoms with E-state index in [1.807, 2.05) is 0 Å². The molecular weight excluding hydrogens is 333 g/mol. The summed E-state index contributed by atoms with van der Waals surface area (Å²) in [6.45, 7) is 0. The number of aromatic nitrogens is 2. The number of hydrogen-bond acceptors (Lipinski definition) is 3. The lowest BCUT2D eigenvalue weighted by Gasteiger charge is -2.11. The summed E-state index contributed by atoms with van der Waals surface area (Å²) in [6.07, 6.45) is -3.57. The zero-order chi connectivity index (χ0) is 18.0. The van der Waals surface area contributed by atoms with Crippen LogP contribution in [0.2, 0.25) is 0 Å². The third-order valence-electron chi connectivity index (χ3n) is 3.86. The number of halogens is 3. The van der Waals surface area contributed by atoms with Crippen molar-refractivity contribution in [2.45, 2.75) is 19.0 Å². The summed E-state index contributed by atoms with van der Waals surface area (Å²) in [5.41, 5.74) is 0.360. The first-order valence-corrected chi connectivity index (χ1v) is 7.52. The number of nitrogens with one attached hydrogen (secondary N) is 1. The highest BCUT2D eigenvalue weighted by molar-refractivity contribution is 6.03. The smallest absolute Gasteiger partial charge is 0.345 e. The number of ketones is 2. The van der Waals surface area contributed by atoms with Crippen LogP contribution in [0.25, 0.3) is 11.0 Å². The van der Waals surface area contributed by atoms with Gasteiger partial charge in [-0.25, -0.2) is 4.98 Å². The van der Waals surface area contributed by atoms with Crippen molar-refractivity contribution >= 4 is 22.6 Å². The molecule has 0 atom stereocenters. The summed E-state index contributed by atoms with van der Waals surface area (Å²) >= 11 is 0. The molecule has 0 bridgehead atoms. The Morgan fingerprint density at radius 1 is 1.00 bits per heavy atom. The SMILES string of the molecule is O=C(CCC(=O)c1ccccc1C(F)(F)F)c1ccc2[nH]cnc2c1. The van der Waals surface area contributed by atoms with Crippen LogP contribution in [0.3, 0.4) is 0 Å². The van der Waals surface area contributed by atoms with Gasteiger partial charge in [0.25, 0.3) is 0 Å². The number of benzene rings is 2. The lowest BCUT2D eigenvalue weighted by atomic mass is 9.97. The van der Waals surface area contributed by atoms with E-state index in [1.54, 1.807) is 18.2 Å². The molecule has 0 aliphatic carbocycles. The zero-order valence-electron chi connectivity index (χ0n) is 12.9. The van der Waals surface area contributed by atoms with Gasteiger partial charge in [-0.05, 0) is 24.3 Å². The Morgan fingerprint density at radius 2 is 1.72 bits per heavy atom. The minimum absolute atomic E-state index is 0.166. The normalized spacial score (nSPS) is 11.6. The Hall–Kier alpha value is -2.96. The van der Waals surface area contributed by atoms with Crippen molar-refractivity contribution in [2.24, 2.45) is 0 Å². The van der Waals surface area contributed by atoms with Crippen molar-refractivity contribution in [3.63, 3.8) is 0 Å². The second-order valence-electron chi connectivity index (χ2n) is 5.52. The van der Waals surface area contributed by atoms with Gasteiger partial charge >= 0.3 is 6.18 Å². The van der Waals surface area contributed by atoms with Crippen LogP contribution >= 0.6 is 0 Å². The number of nitrogens with zero attached hydrogens (tertiary/aromatic N) is 1. The van der Waals surface area contributed by atoms with E-state index in [4.69, 9.17) is 0 Å². The molecule has 0 fully saturated rings. The standard InChI is InChI=1S/C18H13F3N2O2/c19-18(20,21)13-4-2-1-3-12(13)17(25)8-7-16(24)11-5-6-14-15(9-11)23-10-22-14/h1-6,9-10H,7-8H2,(H,22,23). The monoisotopic (exact) mass is 346 g/mol. The molecule has 4 nitrogen and oxygen atoms in total. The first-order valence-electron chi connectivity index (χ1n) is 7.52. The van der Waals surface area contributed by atoms with Crippen molar-refractivity contribution in [2.75, 3.05) is 0 Å². The molecule has 0 aliphatic heterocycles. The lowest BCUT2D eigenvalue weighted by Crippen LogP contribution is -2.14. The number of carbonyl (C=O) groups is 2. The highest BCUT2D eigenvalue weighted by Gasteiger charge is 2.34. The number of alkyl halides is 3. The van der Waals surface area contributed by atoms with Gasteiger partial charge in [-0.15, -0.1) is 0 Å². The average molecular weight is 346 g/mol. The number of hydrogen-bond donors (Lipinski definition) is 1. The van der Waals surface area contributed by atoms with Gasteiger partial charge in [-0.2, -0.15) is 13.2 Å². The quantitative estimate of drug-likeness (QED) is 0.695. The molecule has 0 radical (unpaired) electrons. The van der Waals surface area contributed by atoms with Crippen molar-refractivity contribution in [1.82, 2.24) is 9.97 Å². The summed E-state index contributed by atoms with van der Waals surface area (Å²) in [5, 5.41) is 0. The maximum Gasteiger partial charge on any atom is 0.417 e. The lowest BCUT2D eigenvalue weighted by molar-refractivity contribution is -0.137. The van der Waals surface area contributed by atoms with Crippen LogP contribution in [0.1, 0.15) is 39.1 Å². The fourth-order valence-electron chi connectivity index (χ4n) is 2.58. The van der Waals surface area contributed by atoms with E-state index in [-0.39, 0.29) is 18.6 Å². The van der Waals surface area contributed by atoms with Crippen molar-refractivity contribution in [1.29, 1.82) is 0 Å². The Balaban J connectivity index is 1.73. The summed E-state index contributed by atoms with van der Waals surface area (Å²) in [5.74, 6) is -1.02. The van der Waals surface area contributed by atoms with E-state index in [0.717, 1.165) is 17.6 Å². The van der Waals surface area contributed by atoms with Crippen LogP contribution in [0, 0.1) is 0 Å². The molecule has 0 amide bonds. The van der Waals surface area contributed by atoms with Gasteiger partial charge in [0.15, 0.2) is 11.6 Å². The molecular formula is C18H13F3N2O2. The highest BCUT2D eigenvalue weighted by Crippen LogP contribution is 2.32.